The van der Waals surface area contributed by atoms with Crippen LogP contribution in [0.5, 0.6) is 0 Å². The van der Waals surface area contributed by atoms with Crippen molar-refractivity contribution >= 4 is 38.6 Å². The number of hydrazine groups is 1. The molecule has 0 atom stereocenters. The highest BCUT2D eigenvalue weighted by molar-refractivity contribution is 7.89. The van der Waals surface area contributed by atoms with Crippen molar-refractivity contribution in [2.24, 2.45) is 0 Å². The predicted molar refractivity (Wildman–Crippen MR) is 96.0 cm³/mol. The van der Waals surface area contributed by atoms with E-state index >= 15 is 0 Å². The van der Waals surface area contributed by atoms with Crippen LogP contribution >= 0.6 is 11.6 Å². The van der Waals surface area contributed by atoms with Gasteiger partial charge in [0.25, 0.3) is 10.0 Å². The molecule has 3 aromatic rings. The van der Waals surface area contributed by atoms with E-state index in [0.717, 1.165) is 12.8 Å². The van der Waals surface area contributed by atoms with Crippen LogP contribution in [0.3, 0.4) is 0 Å². The molecule has 1 aliphatic carbocycles. The highest BCUT2D eigenvalue weighted by atomic mass is 35.5. The smallest absolute Gasteiger partial charge is 0.258 e. The minimum absolute atomic E-state index is 0.0142. The first-order chi connectivity index (χ1) is 12.5. The number of pyridine rings is 1. The van der Waals surface area contributed by atoms with Gasteiger partial charge in [0.05, 0.1) is 6.33 Å². The molecule has 0 radical (unpaired) electrons. The summed E-state index contributed by atoms with van der Waals surface area (Å²) in [5, 5.41) is 0.0142. The normalized spacial score (nSPS) is 15.6. The third-order valence-corrected chi connectivity index (χ3v) is 5.76. The zero-order valence-electron chi connectivity index (χ0n) is 13.6. The third kappa shape index (κ3) is 3.22. The minimum Gasteiger partial charge on any atom is -0.312 e. The van der Waals surface area contributed by atoms with Gasteiger partial charge in [0.15, 0.2) is 17.0 Å². The fourth-order valence-electron chi connectivity index (χ4n) is 3.11. The standard InChI is InChI=1S/C15H16ClN7O2S/c16-15-19-13(21-22-26(24,25)11-6-3-7-17-8-11)12-14(20-15)23(9-18-12)10-4-1-2-5-10/h3,6-10,22H,1-2,4-5H2,(H,19,20,21). The third-order valence-electron chi connectivity index (χ3n) is 4.36. The first kappa shape index (κ1) is 17.1. The lowest BCUT2D eigenvalue weighted by Crippen LogP contribution is -2.30. The van der Waals surface area contributed by atoms with Crippen LogP contribution in [0.1, 0.15) is 31.7 Å². The van der Waals surface area contributed by atoms with Crippen molar-refractivity contribution in [2.45, 2.75) is 36.6 Å². The molecule has 0 spiro atoms. The predicted octanol–water partition coefficient (Wildman–Crippen LogP) is 2.30. The summed E-state index contributed by atoms with van der Waals surface area (Å²) in [6.07, 6.45) is 8.90. The summed E-state index contributed by atoms with van der Waals surface area (Å²) >= 11 is 6.04. The van der Waals surface area contributed by atoms with Crippen LogP contribution in [0.25, 0.3) is 11.2 Å². The number of rotatable bonds is 5. The number of nitrogens with zero attached hydrogens (tertiary/aromatic N) is 5. The van der Waals surface area contributed by atoms with Crippen LogP contribution in [-0.2, 0) is 10.0 Å². The maximum absolute atomic E-state index is 12.3. The lowest BCUT2D eigenvalue weighted by molar-refractivity contribution is 0.529. The van der Waals surface area contributed by atoms with Gasteiger partial charge < -0.3 is 4.57 Å². The minimum atomic E-state index is -3.81. The number of imidazole rings is 1. The monoisotopic (exact) mass is 393 g/mol. The van der Waals surface area contributed by atoms with Crippen LogP contribution in [-0.4, -0.2) is 32.9 Å². The fraction of sp³-hybridized carbons (Fsp3) is 0.333. The van der Waals surface area contributed by atoms with E-state index in [1.807, 2.05) is 4.57 Å². The molecule has 9 nitrogen and oxygen atoms in total. The molecule has 26 heavy (non-hydrogen) atoms. The number of halogens is 1. The van der Waals surface area contributed by atoms with Gasteiger partial charge in [-0.05, 0) is 36.6 Å². The second-order valence-electron chi connectivity index (χ2n) is 6.02. The van der Waals surface area contributed by atoms with E-state index in [-0.39, 0.29) is 16.0 Å². The maximum Gasteiger partial charge on any atom is 0.258 e. The second kappa shape index (κ2) is 6.78. The zero-order valence-corrected chi connectivity index (χ0v) is 15.2. The molecular weight excluding hydrogens is 378 g/mol. The Hall–Kier alpha value is -2.30. The molecule has 0 unspecified atom stereocenters. The molecule has 0 amide bonds. The molecule has 1 fully saturated rings. The van der Waals surface area contributed by atoms with Gasteiger partial charge in [-0.2, -0.15) is 9.97 Å². The summed E-state index contributed by atoms with van der Waals surface area (Å²) in [6, 6.07) is 3.30. The number of hydrogen-bond acceptors (Lipinski definition) is 7. The van der Waals surface area contributed by atoms with Crippen molar-refractivity contribution in [3.05, 3.63) is 36.1 Å². The number of aromatic nitrogens is 5. The van der Waals surface area contributed by atoms with E-state index < -0.39 is 10.0 Å². The topological polar surface area (TPSA) is 115 Å². The number of hydrogen-bond donors (Lipinski definition) is 2. The molecule has 3 aromatic heterocycles. The summed E-state index contributed by atoms with van der Waals surface area (Å²) in [7, 11) is -3.81. The van der Waals surface area contributed by atoms with Crippen LogP contribution < -0.4 is 10.3 Å². The Morgan fingerprint density at radius 1 is 1.23 bits per heavy atom. The number of anilines is 1. The van der Waals surface area contributed by atoms with Crippen molar-refractivity contribution < 1.29 is 8.42 Å². The Morgan fingerprint density at radius 2 is 2.04 bits per heavy atom. The Labute approximate surface area is 154 Å². The van der Waals surface area contributed by atoms with Gasteiger partial charge in [-0.3, -0.25) is 10.4 Å². The molecular formula is C15H16ClN7O2S. The number of sulfonamides is 1. The molecule has 1 saturated carbocycles. The van der Waals surface area contributed by atoms with E-state index in [2.05, 4.69) is 30.2 Å². The molecule has 11 heteroatoms. The quantitative estimate of drug-likeness (QED) is 0.504. The highest BCUT2D eigenvalue weighted by Crippen LogP contribution is 2.32. The number of nitrogens with one attached hydrogen (secondary N) is 2. The molecule has 4 rings (SSSR count). The Morgan fingerprint density at radius 3 is 2.77 bits per heavy atom. The molecule has 1 aliphatic rings. The summed E-state index contributed by atoms with van der Waals surface area (Å²) < 4.78 is 26.6. The summed E-state index contributed by atoms with van der Waals surface area (Å²) in [6.45, 7) is 0. The van der Waals surface area contributed by atoms with Gasteiger partial charge in [-0.25, -0.2) is 13.4 Å². The lowest BCUT2D eigenvalue weighted by Gasteiger charge is -2.12. The maximum atomic E-state index is 12.3. The van der Waals surface area contributed by atoms with Gasteiger partial charge in [0.2, 0.25) is 5.28 Å². The van der Waals surface area contributed by atoms with Crippen molar-refractivity contribution in [1.82, 2.24) is 29.3 Å². The van der Waals surface area contributed by atoms with Gasteiger partial charge >= 0.3 is 0 Å². The largest absolute Gasteiger partial charge is 0.312 e. The Kier molecular flexibility index (Phi) is 4.47. The molecule has 0 saturated heterocycles. The summed E-state index contributed by atoms with van der Waals surface area (Å²) in [4.78, 5) is 18.8. The first-order valence-corrected chi connectivity index (χ1v) is 9.98. The molecule has 0 aromatic carbocycles. The zero-order chi connectivity index (χ0) is 18.1. The van der Waals surface area contributed by atoms with Crippen molar-refractivity contribution in [3.63, 3.8) is 0 Å². The van der Waals surface area contributed by atoms with Gasteiger partial charge in [-0.15, -0.1) is 4.83 Å². The first-order valence-electron chi connectivity index (χ1n) is 8.12. The SMILES string of the molecule is O=S(=O)(NNc1nc(Cl)nc2c1ncn2C1CCCC1)c1cccnc1. The fourth-order valence-corrected chi connectivity index (χ4v) is 4.08. The molecule has 3 heterocycles. The van der Waals surface area contributed by atoms with Crippen LogP contribution in [0, 0.1) is 0 Å². The van der Waals surface area contributed by atoms with Crippen LogP contribution in [0.2, 0.25) is 5.28 Å². The van der Waals surface area contributed by atoms with Gasteiger partial charge in [0.1, 0.15) is 4.90 Å². The highest BCUT2D eigenvalue weighted by Gasteiger charge is 2.22. The van der Waals surface area contributed by atoms with Gasteiger partial charge in [-0.1, -0.05) is 12.8 Å². The molecule has 136 valence electrons. The average molecular weight is 394 g/mol. The van der Waals surface area contributed by atoms with E-state index in [1.165, 1.54) is 37.4 Å². The van der Waals surface area contributed by atoms with E-state index in [9.17, 15) is 8.42 Å². The van der Waals surface area contributed by atoms with E-state index in [1.54, 1.807) is 6.33 Å². The number of fused-ring (bicyclic) bond motifs is 1. The summed E-state index contributed by atoms with van der Waals surface area (Å²) in [5.41, 5.74) is 3.63. The van der Waals surface area contributed by atoms with Crippen molar-refractivity contribution in [1.29, 1.82) is 0 Å². The van der Waals surface area contributed by atoms with Crippen LogP contribution in [0.4, 0.5) is 5.82 Å². The van der Waals surface area contributed by atoms with Crippen molar-refractivity contribution in [3.8, 4) is 0 Å². The van der Waals surface area contributed by atoms with E-state index in [0.29, 0.717) is 17.2 Å². The molecule has 0 aliphatic heterocycles. The summed E-state index contributed by atoms with van der Waals surface area (Å²) in [5.74, 6) is 0.198. The van der Waals surface area contributed by atoms with Gasteiger partial charge in [0, 0.05) is 18.4 Å². The molecule has 0 bridgehead atoms. The average Bonchev–Trinajstić information content (AvgIpc) is 3.29. The second-order valence-corrected chi connectivity index (χ2v) is 8.04. The molecule has 2 N–H and O–H groups in total. The Bertz CT molecular complexity index is 1030. The lowest BCUT2D eigenvalue weighted by atomic mass is 10.2. The van der Waals surface area contributed by atoms with E-state index in [4.69, 9.17) is 11.6 Å². The Balaban J connectivity index is 1.64. The van der Waals surface area contributed by atoms with Crippen LogP contribution in [0.15, 0.2) is 35.7 Å². The van der Waals surface area contributed by atoms with Crippen molar-refractivity contribution in [2.75, 3.05) is 5.43 Å².